The molecule has 6 atom stereocenters. The Bertz CT molecular complexity index is 764. The maximum atomic E-state index is 12.7. The van der Waals surface area contributed by atoms with Crippen molar-refractivity contribution in [3.63, 3.8) is 0 Å². The molecular weight excluding hydrogens is 616 g/mol. The highest BCUT2D eigenvalue weighted by Gasteiger charge is 2.44. The standard InChI is InChI=1S/C38H71O10/c1-3-5-7-9-11-13-15-16-17-19-21-23-25-27-34(41)47-31(30-46-38-37(44)36(43)35(42)32(28-39)48-38)29-45-33(40)26-24-22-20-18-14-12-10-8-6-4-2/h18,31-32,35-39,42-44H,3-17,19-30H2,1-2H3/q-1/t31-,32-,35+,36+,37-,38-/m1/s1. The summed E-state index contributed by atoms with van der Waals surface area (Å²) >= 11 is 0. The van der Waals surface area contributed by atoms with Gasteiger partial charge >= 0.3 is 11.9 Å². The van der Waals surface area contributed by atoms with Crippen LogP contribution in [0.4, 0.5) is 0 Å². The van der Waals surface area contributed by atoms with E-state index < -0.39 is 49.4 Å². The molecule has 284 valence electrons. The SMILES string of the molecule is CCCCCCC[CH-]CCCCC(=O)OC[C@H](CO[C@@H]1O[C@H](CO)[C@H](O)[C@H](O)[C@H]1O)OC(=O)CCCCCCCCCCCCCCC. The van der Waals surface area contributed by atoms with Crippen molar-refractivity contribution in [1.82, 2.24) is 0 Å². The zero-order valence-electron chi connectivity index (χ0n) is 30.4. The van der Waals surface area contributed by atoms with E-state index in [9.17, 15) is 30.0 Å². The molecule has 0 saturated carbocycles. The zero-order valence-corrected chi connectivity index (χ0v) is 30.4. The van der Waals surface area contributed by atoms with E-state index in [1.54, 1.807) is 0 Å². The first-order valence-corrected chi connectivity index (χ1v) is 19.4. The quantitative estimate of drug-likeness (QED) is 0.0335. The van der Waals surface area contributed by atoms with E-state index in [-0.39, 0.29) is 32.0 Å². The van der Waals surface area contributed by atoms with E-state index in [1.165, 1.54) is 89.9 Å². The monoisotopic (exact) mass is 688 g/mol. The van der Waals surface area contributed by atoms with Crippen LogP contribution >= 0.6 is 0 Å². The van der Waals surface area contributed by atoms with Crippen LogP contribution in [0.2, 0.25) is 0 Å². The van der Waals surface area contributed by atoms with Crippen LogP contribution in [0.15, 0.2) is 0 Å². The van der Waals surface area contributed by atoms with E-state index in [1.807, 2.05) is 0 Å². The number of aliphatic hydroxyl groups is 4. The van der Waals surface area contributed by atoms with Gasteiger partial charge in [0.25, 0.3) is 0 Å². The molecule has 10 heteroatoms. The van der Waals surface area contributed by atoms with Crippen LogP contribution in [0.1, 0.15) is 168 Å². The first kappa shape index (κ1) is 44.7. The Hall–Kier alpha value is -1.30. The molecule has 0 aliphatic carbocycles. The number of hydrogen-bond acceptors (Lipinski definition) is 10. The number of carbonyl (C=O) groups is 2. The molecular formula is C38H71O10-. The van der Waals surface area contributed by atoms with E-state index in [0.29, 0.717) is 12.8 Å². The molecule has 0 aromatic heterocycles. The summed E-state index contributed by atoms with van der Waals surface area (Å²) in [5.41, 5.74) is 0. The maximum absolute atomic E-state index is 12.7. The van der Waals surface area contributed by atoms with Crippen molar-refractivity contribution in [1.29, 1.82) is 0 Å². The van der Waals surface area contributed by atoms with Crippen molar-refractivity contribution in [3.05, 3.63) is 6.42 Å². The fourth-order valence-corrected chi connectivity index (χ4v) is 5.91. The van der Waals surface area contributed by atoms with E-state index in [4.69, 9.17) is 18.9 Å². The lowest BCUT2D eigenvalue weighted by Gasteiger charge is -2.39. The summed E-state index contributed by atoms with van der Waals surface area (Å²) in [5, 5.41) is 39.9. The minimum atomic E-state index is -1.59. The minimum Gasteiger partial charge on any atom is -0.462 e. The molecule has 1 aliphatic rings. The van der Waals surface area contributed by atoms with Crippen molar-refractivity contribution in [2.75, 3.05) is 19.8 Å². The predicted molar refractivity (Wildman–Crippen MR) is 187 cm³/mol. The number of esters is 2. The maximum Gasteiger partial charge on any atom is 0.306 e. The fourth-order valence-electron chi connectivity index (χ4n) is 5.91. The Morgan fingerprint density at radius 1 is 0.625 bits per heavy atom. The van der Waals surface area contributed by atoms with Crippen molar-refractivity contribution in [2.45, 2.75) is 205 Å². The number of aliphatic hydroxyl groups excluding tert-OH is 4. The third-order valence-corrected chi connectivity index (χ3v) is 9.06. The molecule has 1 saturated heterocycles. The second kappa shape index (κ2) is 30.5. The molecule has 1 heterocycles. The molecule has 0 aromatic carbocycles. The smallest absolute Gasteiger partial charge is 0.306 e. The lowest BCUT2D eigenvalue weighted by Crippen LogP contribution is -2.59. The van der Waals surface area contributed by atoms with E-state index in [0.717, 1.165) is 38.5 Å². The molecule has 1 rings (SSSR count). The minimum absolute atomic E-state index is 0.218. The van der Waals surface area contributed by atoms with Gasteiger partial charge in [0, 0.05) is 12.8 Å². The van der Waals surface area contributed by atoms with Crippen LogP contribution in [0, 0.1) is 6.42 Å². The molecule has 0 unspecified atom stereocenters. The van der Waals surface area contributed by atoms with Crippen molar-refractivity contribution >= 4 is 11.9 Å². The average Bonchev–Trinajstić information content (AvgIpc) is 3.08. The first-order valence-electron chi connectivity index (χ1n) is 19.4. The Kier molecular flexibility index (Phi) is 28.4. The third kappa shape index (κ3) is 22.4. The summed E-state index contributed by atoms with van der Waals surface area (Å²) in [6.07, 6.45) is 20.3. The molecule has 48 heavy (non-hydrogen) atoms. The zero-order chi connectivity index (χ0) is 35.2. The molecule has 0 radical (unpaired) electrons. The normalized spacial score (nSPS) is 21.7. The number of carbonyl (C=O) groups excluding carboxylic acids is 2. The summed E-state index contributed by atoms with van der Waals surface area (Å²) in [6, 6.07) is 0. The lowest BCUT2D eigenvalue weighted by molar-refractivity contribution is -0.305. The van der Waals surface area contributed by atoms with Gasteiger partial charge in [-0.05, 0) is 12.8 Å². The van der Waals surface area contributed by atoms with Gasteiger partial charge in [-0.3, -0.25) is 9.59 Å². The van der Waals surface area contributed by atoms with Gasteiger partial charge in [0.05, 0.1) is 13.2 Å². The average molecular weight is 688 g/mol. The number of unbranched alkanes of at least 4 members (excludes halogenated alkanes) is 21. The summed E-state index contributed by atoms with van der Waals surface area (Å²) in [7, 11) is 0. The van der Waals surface area contributed by atoms with Gasteiger partial charge in [-0.25, -0.2) is 0 Å². The summed E-state index contributed by atoms with van der Waals surface area (Å²) in [4.78, 5) is 25.1. The summed E-state index contributed by atoms with van der Waals surface area (Å²) < 4.78 is 22.0. The van der Waals surface area contributed by atoms with Crippen molar-refractivity contribution < 1.29 is 49.0 Å². The third-order valence-electron chi connectivity index (χ3n) is 9.06. The first-order chi connectivity index (χ1) is 23.3. The molecule has 1 fully saturated rings. The number of hydrogen-bond donors (Lipinski definition) is 4. The van der Waals surface area contributed by atoms with Gasteiger partial charge in [0.2, 0.25) is 0 Å². The highest BCUT2D eigenvalue weighted by atomic mass is 16.7. The van der Waals surface area contributed by atoms with Crippen LogP contribution in [0.3, 0.4) is 0 Å². The molecule has 0 bridgehead atoms. The van der Waals surface area contributed by atoms with Gasteiger partial charge in [-0.2, -0.15) is 12.8 Å². The topological polar surface area (TPSA) is 152 Å². The molecule has 1 aliphatic heterocycles. The predicted octanol–water partition coefficient (Wildman–Crippen LogP) is 6.86. The highest BCUT2D eigenvalue weighted by molar-refractivity contribution is 5.70. The van der Waals surface area contributed by atoms with Crippen LogP contribution in [-0.2, 0) is 28.5 Å². The number of ether oxygens (including phenoxy) is 4. The van der Waals surface area contributed by atoms with E-state index in [2.05, 4.69) is 20.3 Å². The Morgan fingerprint density at radius 3 is 1.67 bits per heavy atom. The van der Waals surface area contributed by atoms with Crippen molar-refractivity contribution in [3.8, 4) is 0 Å². The van der Waals surface area contributed by atoms with Crippen LogP contribution < -0.4 is 0 Å². The Balaban J connectivity index is 2.39. The van der Waals surface area contributed by atoms with Gasteiger partial charge in [-0.15, -0.1) is 0 Å². The largest absolute Gasteiger partial charge is 0.462 e. The van der Waals surface area contributed by atoms with Crippen LogP contribution in [0.25, 0.3) is 0 Å². The molecule has 0 amide bonds. The Morgan fingerprint density at radius 2 is 1.10 bits per heavy atom. The molecule has 0 spiro atoms. The van der Waals surface area contributed by atoms with Crippen molar-refractivity contribution in [2.24, 2.45) is 0 Å². The Labute approximate surface area is 291 Å². The fraction of sp³-hybridized carbons (Fsp3) is 0.921. The summed E-state index contributed by atoms with van der Waals surface area (Å²) in [5.74, 6) is -0.818. The second-order valence-corrected chi connectivity index (χ2v) is 13.6. The lowest BCUT2D eigenvalue weighted by atomic mass is 9.99. The van der Waals surface area contributed by atoms with Gasteiger partial charge in [-0.1, -0.05) is 129 Å². The van der Waals surface area contributed by atoms with Gasteiger partial charge < -0.3 is 45.8 Å². The second-order valence-electron chi connectivity index (χ2n) is 13.6. The van der Waals surface area contributed by atoms with Gasteiger partial charge in [0.15, 0.2) is 12.4 Å². The highest BCUT2D eigenvalue weighted by Crippen LogP contribution is 2.22. The van der Waals surface area contributed by atoms with Crippen LogP contribution in [-0.4, -0.2) is 89.0 Å². The molecule has 4 N–H and O–H groups in total. The number of rotatable bonds is 32. The molecule has 0 aromatic rings. The van der Waals surface area contributed by atoms with Gasteiger partial charge in [0.1, 0.15) is 31.0 Å². The van der Waals surface area contributed by atoms with E-state index >= 15 is 0 Å². The van der Waals surface area contributed by atoms with Crippen LogP contribution in [0.5, 0.6) is 0 Å². The summed E-state index contributed by atoms with van der Waals surface area (Å²) in [6.45, 7) is 3.38. The molecule has 10 nitrogen and oxygen atoms in total.